The Morgan fingerprint density at radius 1 is 1.32 bits per heavy atom. The number of hydrogen-bond donors (Lipinski definition) is 1. The number of nitrogens with one attached hydrogen (secondary N) is 1. The Bertz CT molecular complexity index is 359. The zero-order chi connectivity index (χ0) is 14.4. The molecule has 3 nitrogen and oxygen atoms in total. The molecule has 0 aromatic rings. The molecule has 0 spiro atoms. The highest BCUT2D eigenvalue weighted by atomic mass is 16.5. The van der Waals surface area contributed by atoms with Crippen LogP contribution in [0.25, 0.3) is 0 Å². The fourth-order valence-corrected chi connectivity index (χ4v) is 4.56. The second-order valence-corrected chi connectivity index (χ2v) is 7.76. The first-order valence-corrected chi connectivity index (χ1v) is 7.56. The third-order valence-corrected chi connectivity index (χ3v) is 5.74. The number of carbonyl (C=O) groups is 1. The van der Waals surface area contributed by atoms with Gasteiger partial charge in [0.2, 0.25) is 0 Å². The molecule has 2 fully saturated rings. The quantitative estimate of drug-likeness (QED) is 0.796. The highest BCUT2D eigenvalue weighted by Crippen LogP contribution is 2.62. The van der Waals surface area contributed by atoms with Crippen molar-refractivity contribution in [1.82, 2.24) is 5.32 Å². The van der Waals surface area contributed by atoms with Crippen LogP contribution in [0.3, 0.4) is 0 Å². The lowest BCUT2D eigenvalue weighted by Crippen LogP contribution is -2.57. The average molecular weight is 267 g/mol. The molecule has 0 amide bonds. The number of rotatable bonds is 4. The van der Waals surface area contributed by atoms with Gasteiger partial charge >= 0.3 is 5.97 Å². The van der Waals surface area contributed by atoms with Crippen molar-refractivity contribution in [2.45, 2.75) is 66.0 Å². The van der Waals surface area contributed by atoms with Gasteiger partial charge in [-0.1, -0.05) is 34.6 Å². The first kappa shape index (κ1) is 14.8. The number of methoxy groups -OCH3 is 1. The molecule has 19 heavy (non-hydrogen) atoms. The maximum absolute atomic E-state index is 12.0. The van der Waals surface area contributed by atoms with E-state index < -0.39 is 0 Å². The van der Waals surface area contributed by atoms with Crippen LogP contribution in [0.2, 0.25) is 0 Å². The van der Waals surface area contributed by atoms with Crippen molar-refractivity contribution in [3.8, 4) is 0 Å². The number of hydrogen-bond acceptors (Lipinski definition) is 3. The molecule has 0 aromatic heterocycles. The van der Waals surface area contributed by atoms with E-state index in [0.29, 0.717) is 11.5 Å². The molecular weight excluding hydrogens is 238 g/mol. The van der Waals surface area contributed by atoms with Gasteiger partial charge in [0.15, 0.2) is 0 Å². The molecule has 3 heteroatoms. The van der Waals surface area contributed by atoms with Gasteiger partial charge in [0.05, 0.1) is 7.11 Å². The zero-order valence-electron chi connectivity index (χ0n) is 13.2. The van der Waals surface area contributed by atoms with Gasteiger partial charge in [-0.15, -0.1) is 0 Å². The van der Waals surface area contributed by atoms with Crippen molar-refractivity contribution >= 4 is 5.97 Å². The number of fused-ring (bicyclic) bond motifs is 2. The van der Waals surface area contributed by atoms with Crippen molar-refractivity contribution in [2.24, 2.45) is 22.7 Å². The molecule has 2 rings (SSSR count). The summed E-state index contributed by atoms with van der Waals surface area (Å²) in [6.45, 7) is 11.3. The maximum atomic E-state index is 12.0. The molecule has 0 saturated heterocycles. The van der Waals surface area contributed by atoms with Crippen molar-refractivity contribution in [1.29, 1.82) is 0 Å². The van der Waals surface area contributed by atoms with Crippen LogP contribution in [0.15, 0.2) is 0 Å². The molecule has 110 valence electrons. The Kier molecular flexibility index (Phi) is 3.72. The van der Waals surface area contributed by atoms with E-state index in [-0.39, 0.29) is 23.3 Å². The molecule has 0 radical (unpaired) electrons. The third-order valence-electron chi connectivity index (χ3n) is 5.74. The highest BCUT2D eigenvalue weighted by molar-refractivity contribution is 5.76. The van der Waals surface area contributed by atoms with Crippen LogP contribution in [0.4, 0.5) is 0 Å². The molecule has 0 aromatic carbocycles. The van der Waals surface area contributed by atoms with Crippen LogP contribution in [0, 0.1) is 22.7 Å². The fourth-order valence-electron chi connectivity index (χ4n) is 4.56. The minimum atomic E-state index is -0.189. The maximum Gasteiger partial charge on any atom is 0.323 e. The van der Waals surface area contributed by atoms with Crippen LogP contribution < -0.4 is 5.32 Å². The number of ether oxygens (including phenoxy) is 1. The summed E-state index contributed by atoms with van der Waals surface area (Å²) < 4.78 is 4.96. The summed E-state index contributed by atoms with van der Waals surface area (Å²) in [7, 11) is 1.48. The molecule has 2 aliphatic carbocycles. The number of esters is 1. The second kappa shape index (κ2) is 4.76. The van der Waals surface area contributed by atoms with Gasteiger partial charge in [0.25, 0.3) is 0 Å². The van der Waals surface area contributed by atoms with Gasteiger partial charge < -0.3 is 10.1 Å². The lowest BCUT2D eigenvalue weighted by Gasteiger charge is -2.45. The van der Waals surface area contributed by atoms with Crippen LogP contribution in [0.5, 0.6) is 0 Å². The molecule has 2 bridgehead atoms. The zero-order valence-corrected chi connectivity index (χ0v) is 13.2. The Balaban J connectivity index is 2.19. The van der Waals surface area contributed by atoms with E-state index in [1.165, 1.54) is 26.4 Å². The van der Waals surface area contributed by atoms with Gasteiger partial charge in [-0.3, -0.25) is 4.79 Å². The van der Waals surface area contributed by atoms with E-state index in [2.05, 4.69) is 39.9 Å². The van der Waals surface area contributed by atoms with E-state index in [0.717, 1.165) is 5.92 Å². The predicted molar refractivity (Wildman–Crippen MR) is 76.8 cm³/mol. The molecule has 0 aliphatic heterocycles. The lowest BCUT2D eigenvalue weighted by molar-refractivity contribution is -0.145. The minimum Gasteiger partial charge on any atom is -0.468 e. The van der Waals surface area contributed by atoms with Crippen molar-refractivity contribution < 1.29 is 9.53 Å². The summed E-state index contributed by atoms with van der Waals surface area (Å²) in [5.41, 5.74) is 0.615. The van der Waals surface area contributed by atoms with E-state index in [9.17, 15) is 4.79 Å². The van der Waals surface area contributed by atoms with Crippen LogP contribution in [0.1, 0.15) is 53.9 Å². The fraction of sp³-hybridized carbons (Fsp3) is 0.938. The van der Waals surface area contributed by atoms with Crippen LogP contribution in [-0.4, -0.2) is 25.2 Å². The van der Waals surface area contributed by atoms with E-state index in [4.69, 9.17) is 4.74 Å². The van der Waals surface area contributed by atoms with E-state index >= 15 is 0 Å². The molecule has 2 aliphatic rings. The SMILES string of the molecule is COC(=O)[C@@H](NC1C(C)(C)[C@H]2CC[C@]1(C)C2)C(C)C. The Morgan fingerprint density at radius 2 is 1.95 bits per heavy atom. The van der Waals surface area contributed by atoms with E-state index in [1.807, 2.05) is 0 Å². The smallest absolute Gasteiger partial charge is 0.323 e. The molecule has 4 atom stereocenters. The third kappa shape index (κ3) is 2.31. The largest absolute Gasteiger partial charge is 0.468 e. The van der Waals surface area contributed by atoms with Crippen molar-refractivity contribution in [3.05, 3.63) is 0 Å². The molecular formula is C16H29NO2. The van der Waals surface area contributed by atoms with Crippen LogP contribution >= 0.6 is 0 Å². The van der Waals surface area contributed by atoms with Gasteiger partial charge in [-0.2, -0.15) is 0 Å². The molecule has 1 unspecified atom stereocenters. The van der Waals surface area contributed by atoms with E-state index in [1.54, 1.807) is 0 Å². The summed E-state index contributed by atoms with van der Waals surface area (Å²) in [6.07, 6.45) is 3.92. The lowest BCUT2D eigenvalue weighted by atomic mass is 9.68. The molecule has 1 N–H and O–H groups in total. The first-order chi connectivity index (χ1) is 8.72. The van der Waals surface area contributed by atoms with Crippen molar-refractivity contribution in [2.75, 3.05) is 7.11 Å². The average Bonchev–Trinajstić information content (AvgIpc) is 2.78. The Morgan fingerprint density at radius 3 is 2.37 bits per heavy atom. The van der Waals surface area contributed by atoms with Gasteiger partial charge in [-0.05, 0) is 41.9 Å². The minimum absolute atomic E-state index is 0.128. The summed E-state index contributed by atoms with van der Waals surface area (Å²) >= 11 is 0. The second-order valence-electron chi connectivity index (χ2n) is 7.76. The highest BCUT2D eigenvalue weighted by Gasteiger charge is 2.59. The first-order valence-electron chi connectivity index (χ1n) is 7.56. The van der Waals surface area contributed by atoms with Gasteiger partial charge in [0, 0.05) is 6.04 Å². The topological polar surface area (TPSA) is 38.3 Å². The summed E-state index contributed by atoms with van der Waals surface area (Å²) in [4.78, 5) is 12.0. The standard InChI is InChI=1S/C16H29NO2/c1-10(2)12(13(18)19-6)17-14-15(3,4)11-7-8-16(14,5)9-11/h10-12,14,17H,7-9H2,1-6H3/t11-,12-,14?,16+/m0/s1. The van der Waals surface area contributed by atoms with Crippen LogP contribution in [-0.2, 0) is 9.53 Å². The molecule has 0 heterocycles. The van der Waals surface area contributed by atoms with Gasteiger partial charge in [-0.25, -0.2) is 0 Å². The summed E-state index contributed by atoms with van der Waals surface area (Å²) in [5.74, 6) is 0.920. The van der Waals surface area contributed by atoms with Crippen molar-refractivity contribution in [3.63, 3.8) is 0 Å². The monoisotopic (exact) mass is 267 g/mol. The number of carbonyl (C=O) groups excluding carboxylic acids is 1. The summed E-state index contributed by atoms with van der Waals surface area (Å²) in [5, 5.41) is 3.65. The van der Waals surface area contributed by atoms with Gasteiger partial charge in [0.1, 0.15) is 6.04 Å². The predicted octanol–water partition coefficient (Wildman–Crippen LogP) is 2.99. The molecule has 2 saturated carbocycles. The summed E-state index contributed by atoms with van der Waals surface area (Å²) in [6, 6.07) is 0.218. The normalized spacial score (nSPS) is 37.6. The Labute approximate surface area is 117 Å². The Hall–Kier alpha value is -0.570.